The van der Waals surface area contributed by atoms with E-state index in [0.29, 0.717) is 5.56 Å². The molecule has 0 aliphatic rings. The third kappa shape index (κ3) is 2.84. The number of carbonyl (C=O) groups excluding carboxylic acids is 1. The zero-order valence-corrected chi connectivity index (χ0v) is 14.5. The lowest BCUT2D eigenvalue weighted by Gasteiger charge is -2.07. The summed E-state index contributed by atoms with van der Waals surface area (Å²) in [6, 6.07) is 19.1. The van der Waals surface area contributed by atoms with Gasteiger partial charge in [-0.15, -0.1) is 0 Å². The Hall–Kier alpha value is -3.47. The summed E-state index contributed by atoms with van der Waals surface area (Å²) in [7, 11) is 1.64. The number of rotatable bonds is 4. The van der Waals surface area contributed by atoms with E-state index in [9.17, 15) is 4.79 Å². The Balaban J connectivity index is 1.85. The first-order valence-corrected chi connectivity index (χ1v) is 8.26. The predicted molar refractivity (Wildman–Crippen MR) is 100 cm³/mol. The van der Waals surface area contributed by atoms with Crippen LogP contribution in [-0.2, 0) is 0 Å². The highest BCUT2D eigenvalue weighted by atomic mass is 16.5. The number of imidazole rings is 1. The average molecular weight is 343 g/mol. The van der Waals surface area contributed by atoms with Gasteiger partial charge in [0.2, 0.25) is 0 Å². The molecule has 4 rings (SSSR count). The molecule has 0 aliphatic heterocycles. The third-order valence-corrected chi connectivity index (χ3v) is 4.29. The van der Waals surface area contributed by atoms with E-state index in [2.05, 4.69) is 4.98 Å². The van der Waals surface area contributed by atoms with Gasteiger partial charge in [0.05, 0.1) is 24.7 Å². The van der Waals surface area contributed by atoms with Crippen molar-refractivity contribution >= 4 is 11.4 Å². The Bertz CT molecular complexity index is 1120. The van der Waals surface area contributed by atoms with Crippen LogP contribution in [0.5, 0.6) is 5.75 Å². The van der Waals surface area contributed by atoms with Crippen molar-refractivity contribution in [2.24, 2.45) is 0 Å². The molecule has 0 aliphatic carbocycles. The monoisotopic (exact) mass is 343 g/mol. The number of benzene rings is 2. The molecule has 0 bridgehead atoms. The lowest BCUT2D eigenvalue weighted by Crippen LogP contribution is -1.98. The van der Waals surface area contributed by atoms with Gasteiger partial charge in [-0.2, -0.15) is 5.10 Å². The highest BCUT2D eigenvalue weighted by molar-refractivity contribution is 5.95. The summed E-state index contributed by atoms with van der Waals surface area (Å²) in [5.41, 5.74) is 4.94. The van der Waals surface area contributed by atoms with E-state index in [1.54, 1.807) is 24.7 Å². The van der Waals surface area contributed by atoms with Crippen LogP contribution in [-0.4, -0.2) is 27.5 Å². The first kappa shape index (κ1) is 16.0. The molecule has 4 aromatic rings. The molecular weight excluding hydrogens is 326 g/mol. The van der Waals surface area contributed by atoms with E-state index < -0.39 is 0 Å². The van der Waals surface area contributed by atoms with Gasteiger partial charge >= 0.3 is 0 Å². The van der Waals surface area contributed by atoms with Crippen LogP contribution in [0.3, 0.4) is 0 Å². The molecule has 2 aromatic heterocycles. The van der Waals surface area contributed by atoms with Gasteiger partial charge < -0.3 is 4.74 Å². The van der Waals surface area contributed by atoms with E-state index >= 15 is 0 Å². The van der Waals surface area contributed by atoms with E-state index in [-0.39, 0.29) is 5.78 Å². The molecule has 0 saturated carbocycles. The molecule has 2 aromatic carbocycles. The first-order valence-electron chi connectivity index (χ1n) is 8.26. The maximum atomic E-state index is 11.7. The van der Waals surface area contributed by atoms with Crippen molar-refractivity contribution in [1.82, 2.24) is 14.6 Å². The Morgan fingerprint density at radius 1 is 1.00 bits per heavy atom. The van der Waals surface area contributed by atoms with Gasteiger partial charge in [0.25, 0.3) is 0 Å². The number of aromatic nitrogens is 3. The lowest BCUT2D eigenvalue weighted by atomic mass is 10.1. The first-order chi connectivity index (χ1) is 12.7. The third-order valence-electron chi connectivity index (χ3n) is 4.29. The number of Topliss-reactive ketones (excluding diaryl/α,β-unsaturated/α-hetero) is 1. The zero-order valence-electron chi connectivity index (χ0n) is 14.5. The van der Waals surface area contributed by atoms with Gasteiger partial charge in [0, 0.05) is 16.7 Å². The molecule has 0 spiro atoms. The number of methoxy groups -OCH3 is 1. The van der Waals surface area contributed by atoms with Crippen molar-refractivity contribution < 1.29 is 9.53 Å². The highest BCUT2D eigenvalue weighted by Gasteiger charge is 2.11. The van der Waals surface area contributed by atoms with Crippen LogP contribution in [0.1, 0.15) is 17.3 Å². The summed E-state index contributed by atoms with van der Waals surface area (Å²) < 4.78 is 7.10. The Kier molecular flexibility index (Phi) is 3.97. The fourth-order valence-electron chi connectivity index (χ4n) is 2.90. The van der Waals surface area contributed by atoms with E-state index in [0.717, 1.165) is 33.9 Å². The highest BCUT2D eigenvalue weighted by Crippen LogP contribution is 2.25. The fraction of sp³-hybridized carbons (Fsp3) is 0.0952. The topological polar surface area (TPSA) is 56.5 Å². The van der Waals surface area contributed by atoms with Gasteiger partial charge in [-0.1, -0.05) is 30.3 Å². The van der Waals surface area contributed by atoms with Crippen molar-refractivity contribution in [3.05, 3.63) is 72.4 Å². The summed E-state index contributed by atoms with van der Waals surface area (Å²) in [4.78, 5) is 16.1. The molecule has 0 atom stereocenters. The van der Waals surface area contributed by atoms with Gasteiger partial charge in [0.1, 0.15) is 5.75 Å². The van der Waals surface area contributed by atoms with E-state index in [1.165, 1.54) is 0 Å². The minimum absolute atomic E-state index is 0.0331. The number of hydrogen-bond donors (Lipinski definition) is 0. The van der Waals surface area contributed by atoms with Crippen molar-refractivity contribution in [3.63, 3.8) is 0 Å². The molecule has 128 valence electrons. The zero-order chi connectivity index (χ0) is 18.1. The molecule has 2 heterocycles. The smallest absolute Gasteiger partial charge is 0.159 e. The van der Waals surface area contributed by atoms with Crippen molar-refractivity contribution in [2.45, 2.75) is 6.92 Å². The van der Waals surface area contributed by atoms with Crippen LogP contribution in [0, 0.1) is 0 Å². The average Bonchev–Trinajstić information content (AvgIpc) is 3.11. The second-order valence-corrected chi connectivity index (χ2v) is 6.00. The summed E-state index contributed by atoms with van der Waals surface area (Å²) in [6.45, 7) is 1.56. The number of carbonyl (C=O) groups is 1. The second-order valence-electron chi connectivity index (χ2n) is 6.00. The maximum Gasteiger partial charge on any atom is 0.159 e. The van der Waals surface area contributed by atoms with Crippen LogP contribution >= 0.6 is 0 Å². The molecule has 5 heteroatoms. The van der Waals surface area contributed by atoms with Crippen LogP contribution in [0.15, 0.2) is 66.9 Å². The van der Waals surface area contributed by atoms with Crippen LogP contribution in [0.4, 0.5) is 0 Å². The van der Waals surface area contributed by atoms with Gasteiger partial charge in [-0.25, -0.2) is 9.50 Å². The molecule has 0 unspecified atom stereocenters. The van der Waals surface area contributed by atoms with Crippen molar-refractivity contribution in [3.8, 4) is 28.3 Å². The number of hydrogen-bond acceptors (Lipinski definition) is 4. The SMILES string of the molecule is COc1cccc(-c2ccc3ncc(-c4cccc(C(C)=O)c4)n3n2)c1. The van der Waals surface area contributed by atoms with Crippen LogP contribution < -0.4 is 4.74 Å². The largest absolute Gasteiger partial charge is 0.497 e. The Morgan fingerprint density at radius 3 is 2.62 bits per heavy atom. The Morgan fingerprint density at radius 2 is 1.81 bits per heavy atom. The van der Waals surface area contributed by atoms with Gasteiger partial charge in [-0.05, 0) is 37.3 Å². The summed E-state index contributed by atoms with van der Waals surface area (Å²) in [5.74, 6) is 0.815. The normalized spacial score (nSPS) is 10.8. The van der Waals surface area contributed by atoms with Crippen LogP contribution in [0.2, 0.25) is 0 Å². The Labute approximate surface area is 150 Å². The molecule has 0 N–H and O–H groups in total. The molecule has 5 nitrogen and oxygen atoms in total. The number of ketones is 1. The van der Waals surface area contributed by atoms with E-state index in [1.807, 2.05) is 60.7 Å². The van der Waals surface area contributed by atoms with Crippen LogP contribution in [0.25, 0.3) is 28.2 Å². The summed E-state index contributed by atoms with van der Waals surface area (Å²) in [6.07, 6.45) is 1.77. The summed E-state index contributed by atoms with van der Waals surface area (Å²) in [5, 5.41) is 4.75. The predicted octanol–water partition coefficient (Wildman–Crippen LogP) is 4.27. The van der Waals surface area contributed by atoms with Crippen molar-refractivity contribution in [2.75, 3.05) is 7.11 Å². The second kappa shape index (κ2) is 6.44. The number of nitrogens with zero attached hydrogens (tertiary/aromatic N) is 3. The van der Waals surface area contributed by atoms with Crippen molar-refractivity contribution in [1.29, 1.82) is 0 Å². The summed E-state index contributed by atoms with van der Waals surface area (Å²) >= 11 is 0. The minimum atomic E-state index is 0.0331. The number of ether oxygens (including phenoxy) is 1. The van der Waals surface area contributed by atoms with E-state index in [4.69, 9.17) is 9.84 Å². The maximum absolute atomic E-state index is 11.7. The molecule has 0 radical (unpaired) electrons. The number of fused-ring (bicyclic) bond motifs is 1. The minimum Gasteiger partial charge on any atom is -0.497 e. The van der Waals surface area contributed by atoms with Gasteiger partial charge in [0.15, 0.2) is 11.4 Å². The molecule has 0 amide bonds. The molecular formula is C21H17N3O2. The molecule has 0 saturated heterocycles. The molecule has 0 fully saturated rings. The lowest BCUT2D eigenvalue weighted by molar-refractivity contribution is 0.101. The quantitative estimate of drug-likeness (QED) is 0.519. The van der Waals surface area contributed by atoms with Gasteiger partial charge in [-0.3, -0.25) is 4.79 Å². The fourth-order valence-corrected chi connectivity index (χ4v) is 2.90. The standard InChI is InChI=1S/C21H17N3O2/c1-14(25)15-5-3-7-17(11-15)20-13-22-21-10-9-19(23-24(20)21)16-6-4-8-18(12-16)26-2/h3-13H,1-2H3. The molecule has 26 heavy (non-hydrogen) atoms.